The third-order valence-electron chi connectivity index (χ3n) is 15.2. The first-order valence-electron chi connectivity index (χ1n) is 24.2. The van der Waals surface area contributed by atoms with Gasteiger partial charge in [-0.15, -0.1) is 11.3 Å². The molecule has 0 aliphatic heterocycles. The fourth-order valence-corrected chi connectivity index (χ4v) is 13.5. The summed E-state index contributed by atoms with van der Waals surface area (Å²) < 4.78 is 5.10. The van der Waals surface area contributed by atoms with Crippen molar-refractivity contribution in [2.75, 3.05) is 4.90 Å². The summed E-state index contributed by atoms with van der Waals surface area (Å²) in [7, 11) is 0. The lowest BCUT2D eigenvalue weighted by atomic mass is 9.70. The number of thiophene rings is 1. The Kier molecular flexibility index (Phi) is 8.48. The van der Waals surface area contributed by atoms with Gasteiger partial charge >= 0.3 is 0 Å². The van der Waals surface area contributed by atoms with E-state index in [4.69, 9.17) is 0 Å². The predicted octanol–water partition coefficient (Wildman–Crippen LogP) is 18.3. The van der Waals surface area contributed by atoms with E-state index in [0.717, 1.165) is 22.6 Å². The summed E-state index contributed by atoms with van der Waals surface area (Å²) in [5.74, 6) is 0. The van der Waals surface area contributed by atoms with Gasteiger partial charge in [0, 0.05) is 47.9 Å². The molecular formula is C67H42N2S. The molecule has 0 amide bonds. The van der Waals surface area contributed by atoms with Crippen molar-refractivity contribution >= 4 is 70.4 Å². The van der Waals surface area contributed by atoms with E-state index >= 15 is 0 Å². The molecule has 11 aromatic carbocycles. The fourth-order valence-electron chi connectivity index (χ4n) is 12.3. The van der Waals surface area contributed by atoms with E-state index in [1.54, 1.807) is 0 Å². The zero-order valence-corrected chi connectivity index (χ0v) is 38.9. The van der Waals surface area contributed by atoms with Crippen LogP contribution < -0.4 is 4.90 Å². The molecule has 0 unspecified atom stereocenters. The molecule has 2 aliphatic carbocycles. The van der Waals surface area contributed by atoms with Crippen molar-refractivity contribution in [2.45, 2.75) is 5.41 Å². The van der Waals surface area contributed by atoms with E-state index in [-0.39, 0.29) is 0 Å². The van der Waals surface area contributed by atoms with Crippen molar-refractivity contribution < 1.29 is 0 Å². The van der Waals surface area contributed by atoms with Crippen LogP contribution in [0.25, 0.3) is 92.2 Å². The molecule has 0 bridgehead atoms. The first kappa shape index (κ1) is 39.3. The van der Waals surface area contributed by atoms with Gasteiger partial charge in [0.15, 0.2) is 0 Å². The molecule has 0 saturated heterocycles. The molecule has 2 aromatic heterocycles. The summed E-state index contributed by atoms with van der Waals surface area (Å²) in [6.45, 7) is 0. The van der Waals surface area contributed by atoms with Gasteiger partial charge in [-0.2, -0.15) is 0 Å². The summed E-state index contributed by atoms with van der Waals surface area (Å²) >= 11 is 1.87. The topological polar surface area (TPSA) is 8.17 Å². The van der Waals surface area contributed by atoms with Crippen LogP contribution in [0.15, 0.2) is 255 Å². The van der Waals surface area contributed by atoms with Crippen LogP contribution in [0.5, 0.6) is 0 Å². The normalized spacial score (nSPS) is 13.0. The molecule has 0 radical (unpaired) electrons. The van der Waals surface area contributed by atoms with Gasteiger partial charge in [-0.1, -0.05) is 188 Å². The average Bonchev–Trinajstić information content (AvgIpc) is 4.15. The fraction of sp³-hybridized carbons (Fsp3) is 0.0149. The highest BCUT2D eigenvalue weighted by atomic mass is 32.1. The van der Waals surface area contributed by atoms with E-state index in [1.807, 2.05) is 11.3 Å². The van der Waals surface area contributed by atoms with Crippen LogP contribution in [0, 0.1) is 0 Å². The molecule has 13 aromatic rings. The molecular weight excluding hydrogens is 865 g/mol. The number of hydrogen-bond donors (Lipinski definition) is 0. The van der Waals surface area contributed by atoms with E-state index in [1.165, 1.54) is 109 Å². The maximum absolute atomic E-state index is 2.50. The SMILES string of the molecule is c1ccc(-c2ccc(N(c3ccc4c(c3)C3(c5ccccc5-c5ccccc53)c3ccccc3-4)c3ccccc3-c3ccc4c(c3)c3ccccc3n4-c3cccc4sc5ccccc5c34)cc2)cc1. The second-order valence-electron chi connectivity index (χ2n) is 18.7. The minimum atomic E-state index is -0.462. The predicted molar refractivity (Wildman–Crippen MR) is 296 cm³/mol. The molecule has 2 heterocycles. The minimum Gasteiger partial charge on any atom is -0.310 e. The summed E-state index contributed by atoms with van der Waals surface area (Å²) in [6.07, 6.45) is 0. The Morgan fingerprint density at radius 1 is 0.329 bits per heavy atom. The second-order valence-corrected chi connectivity index (χ2v) is 19.8. The smallest absolute Gasteiger partial charge is 0.0726 e. The maximum atomic E-state index is 2.50. The highest BCUT2D eigenvalue weighted by Gasteiger charge is 2.51. The van der Waals surface area contributed by atoms with Crippen LogP contribution in [0.2, 0.25) is 0 Å². The van der Waals surface area contributed by atoms with Gasteiger partial charge in [-0.05, 0) is 128 Å². The van der Waals surface area contributed by atoms with Crippen LogP contribution in [0.3, 0.4) is 0 Å². The van der Waals surface area contributed by atoms with Crippen molar-refractivity contribution in [1.82, 2.24) is 4.57 Å². The third-order valence-corrected chi connectivity index (χ3v) is 16.4. The van der Waals surface area contributed by atoms with Gasteiger partial charge in [0.1, 0.15) is 0 Å². The third kappa shape index (κ3) is 5.49. The van der Waals surface area contributed by atoms with Crippen molar-refractivity contribution in [1.29, 1.82) is 0 Å². The van der Waals surface area contributed by atoms with Crippen LogP contribution in [-0.4, -0.2) is 4.57 Å². The Morgan fingerprint density at radius 3 is 1.61 bits per heavy atom. The molecule has 326 valence electrons. The van der Waals surface area contributed by atoms with Crippen LogP contribution >= 0.6 is 11.3 Å². The van der Waals surface area contributed by atoms with E-state index < -0.39 is 5.41 Å². The lowest BCUT2D eigenvalue weighted by Gasteiger charge is -2.32. The van der Waals surface area contributed by atoms with Crippen molar-refractivity contribution in [3.63, 3.8) is 0 Å². The first-order valence-corrected chi connectivity index (χ1v) is 25.0. The highest BCUT2D eigenvalue weighted by Crippen LogP contribution is 2.63. The number of para-hydroxylation sites is 2. The Balaban J connectivity index is 0.951. The molecule has 2 nitrogen and oxygen atoms in total. The Bertz CT molecular complexity index is 4190. The zero-order valence-electron chi connectivity index (χ0n) is 38.1. The number of aromatic nitrogens is 1. The van der Waals surface area contributed by atoms with Gasteiger partial charge in [0.05, 0.1) is 27.8 Å². The number of rotatable bonds is 6. The van der Waals surface area contributed by atoms with Gasteiger partial charge in [-0.25, -0.2) is 0 Å². The van der Waals surface area contributed by atoms with Crippen molar-refractivity contribution in [3.8, 4) is 50.2 Å². The quantitative estimate of drug-likeness (QED) is 0.161. The number of anilines is 3. The Labute approximate surface area is 410 Å². The number of fused-ring (bicyclic) bond motifs is 16. The minimum absolute atomic E-state index is 0.462. The standard InChI is InChI=1S/C67H42N2S/c1-2-17-43(18-3-1)44-33-36-46(37-34-44)68(47-38-39-52-51-22-6-12-27-58(51)67(59(52)42-47)56-25-10-4-20-49(56)50-21-5-11-26-57(50)67)60-28-13-7-19-48(60)45-35-40-62-55(41-45)53-23-8-14-29-61(53)69(62)63-30-16-32-65-66(63)54-24-9-15-31-64(54)70-65/h1-42H. The zero-order chi connectivity index (χ0) is 45.9. The van der Waals surface area contributed by atoms with Crippen LogP contribution in [0.4, 0.5) is 17.1 Å². The lowest BCUT2D eigenvalue weighted by molar-refractivity contribution is 0.793. The largest absolute Gasteiger partial charge is 0.310 e. The number of hydrogen-bond acceptors (Lipinski definition) is 2. The molecule has 0 N–H and O–H groups in total. The van der Waals surface area contributed by atoms with Gasteiger partial charge in [0.2, 0.25) is 0 Å². The molecule has 2 aliphatic rings. The van der Waals surface area contributed by atoms with Crippen LogP contribution in [-0.2, 0) is 5.41 Å². The lowest BCUT2D eigenvalue weighted by Crippen LogP contribution is -2.26. The molecule has 70 heavy (non-hydrogen) atoms. The molecule has 0 atom stereocenters. The van der Waals surface area contributed by atoms with E-state index in [9.17, 15) is 0 Å². The summed E-state index contributed by atoms with van der Waals surface area (Å²) in [5, 5.41) is 5.07. The highest BCUT2D eigenvalue weighted by molar-refractivity contribution is 7.25. The van der Waals surface area contributed by atoms with Gasteiger partial charge < -0.3 is 9.47 Å². The molecule has 15 rings (SSSR count). The van der Waals surface area contributed by atoms with E-state index in [0.29, 0.717) is 0 Å². The molecule has 1 spiro atoms. The molecule has 3 heteroatoms. The first-order chi connectivity index (χ1) is 34.7. The second kappa shape index (κ2) is 15.1. The van der Waals surface area contributed by atoms with Gasteiger partial charge in [-0.3, -0.25) is 0 Å². The Hall–Kier alpha value is -8.76. The van der Waals surface area contributed by atoms with Crippen molar-refractivity contribution in [3.05, 3.63) is 277 Å². The molecule has 0 fully saturated rings. The summed E-state index contributed by atoms with van der Waals surface area (Å²) in [5.41, 5.74) is 21.7. The Morgan fingerprint density at radius 2 is 0.871 bits per heavy atom. The maximum Gasteiger partial charge on any atom is 0.0726 e. The van der Waals surface area contributed by atoms with E-state index in [2.05, 4.69) is 264 Å². The number of benzene rings is 11. The summed E-state index contributed by atoms with van der Waals surface area (Å²) in [6, 6.07) is 94.8. The van der Waals surface area contributed by atoms with Gasteiger partial charge in [0.25, 0.3) is 0 Å². The summed E-state index contributed by atoms with van der Waals surface area (Å²) in [4.78, 5) is 2.49. The van der Waals surface area contributed by atoms with Crippen molar-refractivity contribution in [2.24, 2.45) is 0 Å². The number of nitrogens with zero attached hydrogens (tertiary/aromatic N) is 2. The van der Waals surface area contributed by atoms with Crippen LogP contribution in [0.1, 0.15) is 22.3 Å². The average molecular weight is 907 g/mol. The molecule has 0 saturated carbocycles. The monoisotopic (exact) mass is 906 g/mol.